The third kappa shape index (κ3) is 3.58. The predicted molar refractivity (Wildman–Crippen MR) is 109 cm³/mol. The van der Waals surface area contributed by atoms with Gasteiger partial charge in [0.15, 0.2) is 5.13 Å². The Labute approximate surface area is 170 Å². The number of halogens is 1. The summed E-state index contributed by atoms with van der Waals surface area (Å²) >= 11 is 7.56. The lowest BCUT2D eigenvalue weighted by molar-refractivity contribution is 0.0696. The third-order valence-corrected chi connectivity index (χ3v) is 7.81. The van der Waals surface area contributed by atoms with E-state index in [1.54, 1.807) is 6.07 Å². The predicted octanol–water partition coefficient (Wildman–Crippen LogP) is 3.16. The molecule has 0 atom stereocenters. The third-order valence-electron chi connectivity index (χ3n) is 4.59. The van der Waals surface area contributed by atoms with Gasteiger partial charge in [0.05, 0.1) is 20.7 Å². The van der Waals surface area contributed by atoms with Crippen LogP contribution in [0.4, 0.5) is 5.13 Å². The molecule has 0 radical (unpaired) electrons. The normalized spacial score (nSPS) is 15.8. The van der Waals surface area contributed by atoms with Crippen LogP contribution in [0.1, 0.15) is 10.4 Å². The van der Waals surface area contributed by atoms with Crippen molar-refractivity contribution in [2.45, 2.75) is 4.90 Å². The smallest absolute Gasteiger partial charge is 0.335 e. The molecule has 146 valence electrons. The number of rotatable bonds is 4. The largest absolute Gasteiger partial charge is 0.478 e. The van der Waals surface area contributed by atoms with Gasteiger partial charge in [-0.1, -0.05) is 22.9 Å². The summed E-state index contributed by atoms with van der Waals surface area (Å²) in [6, 6.07) is 10.8. The molecule has 1 aliphatic rings. The Morgan fingerprint density at radius 3 is 2.39 bits per heavy atom. The van der Waals surface area contributed by atoms with Gasteiger partial charge in [-0.3, -0.25) is 0 Å². The average molecular weight is 438 g/mol. The molecule has 0 saturated carbocycles. The molecular formula is C18H16ClN3O4S2. The van der Waals surface area contributed by atoms with Crippen LogP contribution in [-0.2, 0) is 10.0 Å². The number of carboxylic acids is 1. The maximum absolute atomic E-state index is 12.8. The van der Waals surface area contributed by atoms with Crippen molar-refractivity contribution in [3.63, 3.8) is 0 Å². The van der Waals surface area contributed by atoms with Crippen LogP contribution < -0.4 is 4.90 Å². The number of anilines is 1. The molecule has 1 fully saturated rings. The maximum Gasteiger partial charge on any atom is 0.335 e. The highest BCUT2D eigenvalue weighted by Crippen LogP contribution is 2.31. The minimum atomic E-state index is -3.66. The Morgan fingerprint density at radius 1 is 1.07 bits per heavy atom. The van der Waals surface area contributed by atoms with Gasteiger partial charge in [0, 0.05) is 31.2 Å². The first-order valence-corrected chi connectivity index (χ1v) is 11.1. The van der Waals surface area contributed by atoms with Crippen LogP contribution in [-0.4, -0.2) is 55.0 Å². The molecule has 2 heterocycles. The molecular weight excluding hydrogens is 422 g/mol. The van der Waals surface area contributed by atoms with Crippen molar-refractivity contribution < 1.29 is 18.3 Å². The minimum Gasteiger partial charge on any atom is -0.478 e. The summed E-state index contributed by atoms with van der Waals surface area (Å²) in [5.41, 5.74) is 0.928. The molecule has 0 unspecified atom stereocenters. The van der Waals surface area contributed by atoms with Crippen LogP contribution in [0.2, 0.25) is 5.02 Å². The van der Waals surface area contributed by atoms with Crippen LogP contribution in [0.3, 0.4) is 0 Å². The molecule has 7 nitrogen and oxygen atoms in total. The second kappa shape index (κ2) is 7.32. The van der Waals surface area contributed by atoms with Crippen molar-refractivity contribution in [3.05, 3.63) is 53.1 Å². The molecule has 3 aromatic rings. The monoisotopic (exact) mass is 437 g/mol. The van der Waals surface area contributed by atoms with Crippen molar-refractivity contribution in [1.29, 1.82) is 0 Å². The van der Waals surface area contributed by atoms with Crippen LogP contribution >= 0.6 is 22.9 Å². The fraction of sp³-hybridized carbons (Fsp3) is 0.222. The highest BCUT2D eigenvalue weighted by Gasteiger charge is 2.29. The van der Waals surface area contributed by atoms with Gasteiger partial charge in [0.25, 0.3) is 0 Å². The first-order chi connectivity index (χ1) is 13.3. The molecule has 1 aliphatic heterocycles. The molecule has 1 N–H and O–H groups in total. The lowest BCUT2D eigenvalue weighted by Gasteiger charge is -2.33. The number of aromatic nitrogens is 1. The second-order valence-corrected chi connectivity index (χ2v) is 9.71. The standard InChI is InChI=1S/C18H16ClN3O4S2/c19-13-3-6-15-16(11-13)27-18(20-15)21-7-9-22(10-8-21)28(25,26)14-4-1-12(2-5-14)17(23)24/h1-6,11H,7-10H2,(H,23,24). The van der Waals surface area contributed by atoms with E-state index in [9.17, 15) is 13.2 Å². The number of benzene rings is 2. The topological polar surface area (TPSA) is 90.8 Å². The first kappa shape index (κ1) is 19.1. The van der Waals surface area contributed by atoms with E-state index in [0.717, 1.165) is 15.3 Å². The van der Waals surface area contributed by atoms with Gasteiger partial charge >= 0.3 is 5.97 Å². The number of carboxylic acid groups (broad SMARTS) is 1. The lowest BCUT2D eigenvalue weighted by atomic mass is 10.2. The molecule has 0 bridgehead atoms. The number of hydrogen-bond donors (Lipinski definition) is 1. The summed E-state index contributed by atoms with van der Waals surface area (Å²) in [5, 5.41) is 10.5. The fourth-order valence-corrected chi connectivity index (χ4v) is 5.78. The Hall–Kier alpha value is -2.20. The Morgan fingerprint density at radius 2 is 1.75 bits per heavy atom. The molecule has 28 heavy (non-hydrogen) atoms. The molecule has 10 heteroatoms. The Balaban J connectivity index is 1.48. The van der Waals surface area contributed by atoms with Gasteiger partial charge in [-0.2, -0.15) is 4.31 Å². The minimum absolute atomic E-state index is 0.0553. The van der Waals surface area contributed by atoms with Gasteiger partial charge in [-0.15, -0.1) is 0 Å². The number of nitrogens with zero attached hydrogens (tertiary/aromatic N) is 3. The van der Waals surface area contributed by atoms with Gasteiger partial charge in [-0.05, 0) is 42.5 Å². The van der Waals surface area contributed by atoms with E-state index in [4.69, 9.17) is 16.7 Å². The highest BCUT2D eigenvalue weighted by molar-refractivity contribution is 7.89. The van der Waals surface area contributed by atoms with Gasteiger partial charge in [0.1, 0.15) is 0 Å². The van der Waals surface area contributed by atoms with E-state index in [0.29, 0.717) is 31.2 Å². The summed E-state index contributed by atoms with van der Waals surface area (Å²) in [4.78, 5) is 17.7. The Bertz CT molecular complexity index is 1140. The van der Waals surface area contributed by atoms with Crippen LogP contribution in [0.5, 0.6) is 0 Å². The van der Waals surface area contributed by atoms with Crippen LogP contribution in [0, 0.1) is 0 Å². The van der Waals surface area contributed by atoms with E-state index >= 15 is 0 Å². The summed E-state index contributed by atoms with van der Waals surface area (Å²) < 4.78 is 28.1. The molecule has 0 amide bonds. The molecule has 1 aromatic heterocycles. The number of fused-ring (bicyclic) bond motifs is 1. The summed E-state index contributed by atoms with van der Waals surface area (Å²) in [6.07, 6.45) is 0. The summed E-state index contributed by atoms with van der Waals surface area (Å²) in [6.45, 7) is 1.72. The zero-order valence-electron chi connectivity index (χ0n) is 14.6. The number of sulfonamides is 1. The number of hydrogen-bond acceptors (Lipinski definition) is 6. The van der Waals surface area contributed by atoms with Crippen molar-refractivity contribution in [1.82, 2.24) is 9.29 Å². The van der Waals surface area contributed by atoms with E-state index in [1.165, 1.54) is 39.9 Å². The molecule has 0 aliphatic carbocycles. The number of thiazole rings is 1. The van der Waals surface area contributed by atoms with E-state index in [-0.39, 0.29) is 10.5 Å². The first-order valence-electron chi connectivity index (χ1n) is 8.49. The van der Waals surface area contributed by atoms with Crippen molar-refractivity contribution in [2.24, 2.45) is 0 Å². The van der Waals surface area contributed by atoms with Gasteiger partial charge in [-0.25, -0.2) is 18.2 Å². The number of piperazine rings is 1. The van der Waals surface area contributed by atoms with Crippen LogP contribution in [0.15, 0.2) is 47.4 Å². The summed E-state index contributed by atoms with van der Waals surface area (Å²) in [7, 11) is -3.66. The molecule has 0 spiro atoms. The molecule has 4 rings (SSSR count). The molecule has 2 aromatic carbocycles. The molecule has 1 saturated heterocycles. The Kier molecular flexibility index (Phi) is 5.00. The number of carbonyl (C=O) groups is 1. The van der Waals surface area contributed by atoms with Gasteiger partial charge < -0.3 is 10.0 Å². The van der Waals surface area contributed by atoms with E-state index in [2.05, 4.69) is 9.88 Å². The lowest BCUT2D eigenvalue weighted by Crippen LogP contribution is -2.48. The second-order valence-electron chi connectivity index (χ2n) is 6.33. The highest BCUT2D eigenvalue weighted by atomic mass is 35.5. The quantitative estimate of drug-likeness (QED) is 0.674. The zero-order chi connectivity index (χ0) is 19.9. The van der Waals surface area contributed by atoms with Gasteiger partial charge in [0.2, 0.25) is 10.0 Å². The maximum atomic E-state index is 12.8. The zero-order valence-corrected chi connectivity index (χ0v) is 17.0. The number of aromatic carboxylic acids is 1. The van der Waals surface area contributed by atoms with E-state index < -0.39 is 16.0 Å². The van der Waals surface area contributed by atoms with Crippen LogP contribution in [0.25, 0.3) is 10.2 Å². The van der Waals surface area contributed by atoms with Crippen molar-refractivity contribution >= 4 is 54.3 Å². The SMILES string of the molecule is O=C(O)c1ccc(S(=O)(=O)N2CCN(c3nc4ccc(Cl)cc4s3)CC2)cc1. The van der Waals surface area contributed by atoms with Crippen molar-refractivity contribution in [3.8, 4) is 0 Å². The van der Waals surface area contributed by atoms with E-state index in [1.807, 2.05) is 12.1 Å². The fourth-order valence-electron chi connectivity index (χ4n) is 3.06. The average Bonchev–Trinajstić information content (AvgIpc) is 3.11. The van der Waals surface area contributed by atoms with Crippen molar-refractivity contribution in [2.75, 3.05) is 31.1 Å². The summed E-state index contributed by atoms with van der Waals surface area (Å²) in [5.74, 6) is -1.09.